The lowest BCUT2D eigenvalue weighted by molar-refractivity contribution is -0.605. The van der Waals surface area contributed by atoms with E-state index in [4.69, 9.17) is 4.74 Å². The van der Waals surface area contributed by atoms with E-state index in [0.717, 1.165) is 0 Å². The Labute approximate surface area is 157 Å². The molecule has 1 amide bonds. The first-order valence-electron chi connectivity index (χ1n) is 8.43. The number of anilines is 1. The minimum absolute atomic E-state index is 0.133. The van der Waals surface area contributed by atoms with Gasteiger partial charge in [0.15, 0.2) is 18.5 Å². The minimum atomic E-state index is -0.993. The van der Waals surface area contributed by atoms with Gasteiger partial charge >= 0.3 is 5.97 Å². The number of benzene rings is 1. The number of pyridine rings is 1. The lowest BCUT2D eigenvalue weighted by atomic mass is 9.95. The van der Waals surface area contributed by atoms with Gasteiger partial charge in [0.05, 0.1) is 5.56 Å². The van der Waals surface area contributed by atoms with Crippen LogP contribution < -0.4 is 10.0 Å². The molecule has 0 aliphatic carbocycles. The van der Waals surface area contributed by atoms with E-state index in [-0.39, 0.29) is 17.3 Å². The first-order valence-corrected chi connectivity index (χ1v) is 8.43. The average Bonchev–Trinajstić information content (AvgIpc) is 2.61. The number of amides is 1. The van der Waals surface area contributed by atoms with Crippen molar-refractivity contribution in [2.75, 3.05) is 5.32 Å². The van der Waals surface area contributed by atoms with Gasteiger partial charge in [-0.2, -0.15) is 4.73 Å². The van der Waals surface area contributed by atoms with Gasteiger partial charge in [-0.3, -0.25) is 9.59 Å². The second-order valence-electron chi connectivity index (χ2n) is 7.14. The first kappa shape index (κ1) is 20.1. The minimum Gasteiger partial charge on any atom is -0.619 e. The molecule has 7 heteroatoms. The van der Waals surface area contributed by atoms with E-state index in [1.165, 1.54) is 31.5 Å². The van der Waals surface area contributed by atoms with Crippen molar-refractivity contribution in [2.24, 2.45) is 5.41 Å². The lowest BCUT2D eigenvalue weighted by Crippen LogP contribution is -2.28. The summed E-state index contributed by atoms with van der Waals surface area (Å²) in [4.78, 5) is 36.5. The summed E-state index contributed by atoms with van der Waals surface area (Å²) in [6.45, 7) is 6.89. The summed E-state index contributed by atoms with van der Waals surface area (Å²) in [5, 5.41) is 13.8. The predicted molar refractivity (Wildman–Crippen MR) is 99.1 cm³/mol. The molecule has 1 N–H and O–H groups in total. The molecule has 1 aromatic carbocycles. The number of hydrogen-bond donors (Lipinski definition) is 1. The Morgan fingerprint density at radius 1 is 1.00 bits per heavy atom. The van der Waals surface area contributed by atoms with Crippen LogP contribution >= 0.6 is 0 Å². The predicted octanol–water partition coefficient (Wildman–Crippen LogP) is 2.73. The normalized spacial score (nSPS) is 12.1. The molecule has 0 saturated carbocycles. The maximum atomic E-state index is 12.4. The molecule has 0 fully saturated rings. The van der Waals surface area contributed by atoms with Crippen molar-refractivity contribution in [1.29, 1.82) is 0 Å². The number of aromatic nitrogens is 1. The molecule has 1 heterocycles. The van der Waals surface area contributed by atoms with Crippen LogP contribution in [0.4, 0.5) is 5.69 Å². The summed E-state index contributed by atoms with van der Waals surface area (Å²) in [5.41, 5.74) is 0.586. The third-order valence-corrected chi connectivity index (χ3v) is 3.80. The molecule has 0 spiro atoms. The first-order chi connectivity index (χ1) is 12.6. The van der Waals surface area contributed by atoms with Gasteiger partial charge in [-0.15, -0.1) is 0 Å². The monoisotopic (exact) mass is 370 g/mol. The van der Waals surface area contributed by atoms with Crippen LogP contribution in [0.3, 0.4) is 0 Å². The van der Waals surface area contributed by atoms with E-state index < -0.39 is 17.5 Å². The number of nitrogens with one attached hydrogen (secondary N) is 1. The Morgan fingerprint density at radius 3 is 2.07 bits per heavy atom. The van der Waals surface area contributed by atoms with E-state index >= 15 is 0 Å². The van der Waals surface area contributed by atoms with Crippen LogP contribution in [0.25, 0.3) is 0 Å². The summed E-state index contributed by atoms with van der Waals surface area (Å²) >= 11 is 0. The molecule has 0 aliphatic heterocycles. The number of Topliss-reactive ketones (excluding diaryl/α,β-unsaturated/α-hetero) is 1. The van der Waals surface area contributed by atoms with Crippen molar-refractivity contribution in [3.8, 4) is 0 Å². The molecule has 142 valence electrons. The summed E-state index contributed by atoms with van der Waals surface area (Å²) in [6.07, 6.45) is 1.36. The molecular formula is C20H22N2O5. The van der Waals surface area contributed by atoms with Gasteiger partial charge in [0.1, 0.15) is 0 Å². The zero-order valence-corrected chi connectivity index (χ0v) is 15.7. The maximum Gasteiger partial charge on any atom is 0.339 e. The summed E-state index contributed by atoms with van der Waals surface area (Å²) in [5.74, 6) is -1.19. The molecule has 1 atom stereocenters. The van der Waals surface area contributed by atoms with E-state index in [2.05, 4.69) is 5.32 Å². The Hall–Kier alpha value is -3.22. The smallest absolute Gasteiger partial charge is 0.339 e. The van der Waals surface area contributed by atoms with Gasteiger partial charge in [-0.25, -0.2) is 4.79 Å². The van der Waals surface area contributed by atoms with Crippen LogP contribution in [0, 0.1) is 10.6 Å². The number of rotatable bonds is 5. The van der Waals surface area contributed by atoms with Crippen molar-refractivity contribution in [3.63, 3.8) is 0 Å². The molecule has 2 aromatic rings. The largest absolute Gasteiger partial charge is 0.619 e. The number of carbonyl (C=O) groups is 3. The quantitative estimate of drug-likeness (QED) is 0.378. The van der Waals surface area contributed by atoms with Gasteiger partial charge in [0.25, 0.3) is 0 Å². The number of nitrogens with zero attached hydrogens (tertiary/aromatic N) is 1. The van der Waals surface area contributed by atoms with Gasteiger partial charge in [-0.05, 0) is 31.2 Å². The Bertz CT molecular complexity index is 836. The van der Waals surface area contributed by atoms with E-state index in [9.17, 15) is 19.6 Å². The summed E-state index contributed by atoms with van der Waals surface area (Å²) < 4.78 is 5.71. The molecule has 0 unspecified atom stereocenters. The number of ether oxygens (including phenoxy) is 1. The van der Waals surface area contributed by atoms with Crippen molar-refractivity contribution in [1.82, 2.24) is 0 Å². The van der Waals surface area contributed by atoms with Gasteiger partial charge in [-0.1, -0.05) is 20.8 Å². The van der Waals surface area contributed by atoms with E-state index in [1.807, 2.05) is 0 Å². The third-order valence-electron chi connectivity index (χ3n) is 3.80. The van der Waals surface area contributed by atoms with Crippen molar-refractivity contribution >= 4 is 23.3 Å². The third kappa shape index (κ3) is 5.37. The number of hydrogen-bond acceptors (Lipinski definition) is 5. The van der Waals surface area contributed by atoms with E-state index in [0.29, 0.717) is 16.0 Å². The Kier molecular flexibility index (Phi) is 5.95. The van der Waals surface area contributed by atoms with Crippen LogP contribution in [0.5, 0.6) is 0 Å². The highest BCUT2D eigenvalue weighted by Crippen LogP contribution is 2.18. The molecule has 0 radical (unpaired) electrons. The van der Waals surface area contributed by atoms with E-state index in [1.54, 1.807) is 45.0 Å². The highest BCUT2D eigenvalue weighted by molar-refractivity contribution is 6.02. The molecule has 0 bridgehead atoms. The molecule has 7 nitrogen and oxygen atoms in total. The van der Waals surface area contributed by atoms with Crippen molar-refractivity contribution < 1.29 is 23.9 Å². The Morgan fingerprint density at radius 2 is 1.56 bits per heavy atom. The van der Waals surface area contributed by atoms with Crippen LogP contribution in [-0.4, -0.2) is 23.8 Å². The van der Waals surface area contributed by atoms with Gasteiger partial charge in [0.2, 0.25) is 11.7 Å². The molecule has 0 saturated heterocycles. The van der Waals surface area contributed by atoms with Crippen LogP contribution in [0.1, 0.15) is 48.4 Å². The van der Waals surface area contributed by atoms with Gasteiger partial charge in [0, 0.05) is 28.8 Å². The molecule has 27 heavy (non-hydrogen) atoms. The summed E-state index contributed by atoms with van der Waals surface area (Å²) in [7, 11) is 0. The van der Waals surface area contributed by atoms with Crippen LogP contribution in [-0.2, 0) is 9.53 Å². The zero-order valence-electron chi connectivity index (χ0n) is 15.7. The Balaban J connectivity index is 2.01. The average molecular weight is 370 g/mol. The van der Waals surface area contributed by atoms with Crippen molar-refractivity contribution in [2.45, 2.75) is 33.8 Å². The number of carbonyl (C=O) groups excluding carboxylic acids is 3. The lowest BCUT2D eigenvalue weighted by Gasteiger charge is -2.18. The summed E-state index contributed by atoms with van der Waals surface area (Å²) in [6, 6.07) is 9.01. The highest BCUT2D eigenvalue weighted by atomic mass is 16.5. The topological polar surface area (TPSA) is 99.4 Å². The van der Waals surface area contributed by atoms with Crippen LogP contribution in [0.15, 0.2) is 48.8 Å². The molecule has 2 rings (SSSR count). The molecule has 0 aliphatic rings. The standard InChI is InChI=1S/C20H22N2O5/c1-13(27-18(24)15-9-11-22(26)12-10-15)17(23)14-5-7-16(8-6-14)21-19(25)20(2,3)4/h5-13H,1-4H3,(H,21,25)/t13-/m0/s1. The van der Waals surface area contributed by atoms with Crippen molar-refractivity contribution in [3.05, 3.63) is 65.1 Å². The fraction of sp³-hybridized carbons (Fsp3) is 0.300. The zero-order chi connectivity index (χ0) is 20.2. The molecular weight excluding hydrogens is 348 g/mol. The van der Waals surface area contributed by atoms with Gasteiger partial charge < -0.3 is 15.3 Å². The second kappa shape index (κ2) is 7.99. The number of esters is 1. The SMILES string of the molecule is C[C@H](OC(=O)c1cc[n+]([O-])cc1)C(=O)c1ccc(NC(=O)C(C)(C)C)cc1. The highest BCUT2D eigenvalue weighted by Gasteiger charge is 2.23. The fourth-order valence-electron chi connectivity index (χ4n) is 2.10. The van der Waals surface area contributed by atoms with Crippen LogP contribution in [0.2, 0.25) is 0 Å². The second-order valence-corrected chi connectivity index (χ2v) is 7.14. The molecule has 1 aromatic heterocycles. The maximum absolute atomic E-state index is 12.4. The number of ketones is 1. The fourth-order valence-corrected chi connectivity index (χ4v) is 2.10.